The lowest BCUT2D eigenvalue weighted by Gasteiger charge is -2.33. The van der Waals surface area contributed by atoms with Crippen LogP contribution in [0.15, 0.2) is 42.9 Å². The highest BCUT2D eigenvalue weighted by Crippen LogP contribution is 2.33. The van der Waals surface area contributed by atoms with Crippen LogP contribution in [0.3, 0.4) is 0 Å². The second-order valence-corrected chi connectivity index (χ2v) is 7.04. The number of anilines is 3. The van der Waals surface area contributed by atoms with E-state index in [9.17, 15) is 5.26 Å². The molecule has 0 amide bonds. The lowest BCUT2D eigenvalue weighted by Crippen LogP contribution is -2.33. The van der Waals surface area contributed by atoms with Crippen molar-refractivity contribution in [3.63, 3.8) is 0 Å². The summed E-state index contributed by atoms with van der Waals surface area (Å²) < 4.78 is 5.15. The lowest BCUT2D eigenvalue weighted by atomic mass is 10.0. The highest BCUT2D eigenvalue weighted by atomic mass is 16.5. The van der Waals surface area contributed by atoms with E-state index < -0.39 is 0 Å². The van der Waals surface area contributed by atoms with Gasteiger partial charge in [0.15, 0.2) is 0 Å². The number of aromatic nitrogens is 3. The molecule has 0 unspecified atom stereocenters. The molecule has 0 aliphatic carbocycles. The monoisotopic (exact) mass is 386 g/mol. The molecule has 7 nitrogen and oxygen atoms in total. The molecule has 0 N–H and O–H groups in total. The summed E-state index contributed by atoms with van der Waals surface area (Å²) in [4.78, 5) is 17.6. The molecule has 0 saturated carbocycles. The third-order valence-electron chi connectivity index (χ3n) is 5.23. The highest BCUT2D eigenvalue weighted by molar-refractivity contribution is 5.66. The van der Waals surface area contributed by atoms with Gasteiger partial charge < -0.3 is 14.5 Å². The molecule has 0 atom stereocenters. The van der Waals surface area contributed by atoms with Gasteiger partial charge in [-0.05, 0) is 30.7 Å². The Balaban J connectivity index is 1.68. The first-order valence-corrected chi connectivity index (χ1v) is 9.43. The molecule has 4 rings (SSSR count). The average molecular weight is 386 g/mol. The van der Waals surface area contributed by atoms with E-state index in [2.05, 4.69) is 25.9 Å². The van der Waals surface area contributed by atoms with Gasteiger partial charge in [0.25, 0.3) is 0 Å². The molecule has 0 fully saturated rings. The Bertz CT molecular complexity index is 1070. The number of pyridine rings is 1. The van der Waals surface area contributed by atoms with Gasteiger partial charge in [-0.2, -0.15) is 5.26 Å². The van der Waals surface area contributed by atoms with Crippen molar-refractivity contribution >= 4 is 17.2 Å². The van der Waals surface area contributed by atoms with E-state index >= 15 is 0 Å². The third-order valence-corrected chi connectivity index (χ3v) is 5.23. The van der Waals surface area contributed by atoms with Gasteiger partial charge in [0.2, 0.25) is 5.88 Å². The SMILES string of the molecule is COc1ccc(N(C)c2ncnc3c2CN(c2ccc(C)cc2C#N)CC3)cn1. The van der Waals surface area contributed by atoms with E-state index in [1.807, 2.05) is 49.2 Å². The van der Waals surface area contributed by atoms with Crippen LogP contribution in [0, 0.1) is 18.3 Å². The summed E-state index contributed by atoms with van der Waals surface area (Å²) in [6, 6.07) is 12.1. The maximum atomic E-state index is 9.58. The summed E-state index contributed by atoms with van der Waals surface area (Å²) in [5.74, 6) is 1.42. The first kappa shape index (κ1) is 18.7. The maximum Gasteiger partial charge on any atom is 0.213 e. The summed E-state index contributed by atoms with van der Waals surface area (Å²) in [5, 5.41) is 9.58. The van der Waals surface area contributed by atoms with Gasteiger partial charge in [-0.25, -0.2) is 15.0 Å². The molecular weight excluding hydrogens is 364 g/mol. The second-order valence-electron chi connectivity index (χ2n) is 7.04. The van der Waals surface area contributed by atoms with E-state index in [1.165, 1.54) is 0 Å². The van der Waals surface area contributed by atoms with Crippen molar-refractivity contribution in [1.82, 2.24) is 15.0 Å². The van der Waals surface area contributed by atoms with Crippen molar-refractivity contribution < 1.29 is 4.74 Å². The van der Waals surface area contributed by atoms with Crippen LogP contribution in [-0.2, 0) is 13.0 Å². The van der Waals surface area contributed by atoms with Crippen LogP contribution in [0.25, 0.3) is 0 Å². The minimum atomic E-state index is 0.571. The van der Waals surface area contributed by atoms with Gasteiger partial charge in [0.05, 0.1) is 35.9 Å². The molecule has 1 aliphatic rings. The van der Waals surface area contributed by atoms with E-state index in [0.29, 0.717) is 18.0 Å². The number of aryl methyl sites for hydroxylation is 1. The van der Waals surface area contributed by atoms with Crippen molar-refractivity contribution in [2.75, 3.05) is 30.5 Å². The number of hydrogen-bond donors (Lipinski definition) is 0. The molecule has 0 spiro atoms. The summed E-state index contributed by atoms with van der Waals surface area (Å²) in [7, 11) is 3.57. The Hall–Kier alpha value is -3.66. The van der Waals surface area contributed by atoms with Gasteiger partial charge in [-0.3, -0.25) is 0 Å². The van der Waals surface area contributed by atoms with Crippen LogP contribution in [0.1, 0.15) is 22.4 Å². The second kappa shape index (κ2) is 7.76. The number of nitriles is 1. The molecule has 2 aromatic heterocycles. The zero-order chi connectivity index (χ0) is 20.4. The number of hydrogen-bond acceptors (Lipinski definition) is 7. The first-order chi connectivity index (χ1) is 14.1. The van der Waals surface area contributed by atoms with Crippen LogP contribution in [0.5, 0.6) is 5.88 Å². The first-order valence-electron chi connectivity index (χ1n) is 9.43. The van der Waals surface area contributed by atoms with Gasteiger partial charge in [0, 0.05) is 38.2 Å². The number of nitrogens with zero attached hydrogens (tertiary/aromatic N) is 6. The Kier molecular flexibility index (Phi) is 5.00. The van der Waals surface area contributed by atoms with Gasteiger partial charge in [-0.1, -0.05) is 6.07 Å². The Labute approximate surface area is 170 Å². The van der Waals surface area contributed by atoms with Crippen molar-refractivity contribution in [3.05, 3.63) is 65.2 Å². The van der Waals surface area contributed by atoms with Crippen LogP contribution in [0.2, 0.25) is 0 Å². The molecule has 3 heterocycles. The molecule has 0 bridgehead atoms. The van der Waals surface area contributed by atoms with Gasteiger partial charge in [0.1, 0.15) is 18.2 Å². The molecule has 3 aromatic rings. The standard InChI is InChI=1S/C22H22N6O/c1-15-4-6-20(16(10-15)11-23)28-9-8-19-18(13-28)22(26-14-25-19)27(2)17-5-7-21(29-3)24-12-17/h4-7,10,12,14H,8-9,13H2,1-3H3. The average Bonchev–Trinajstić information content (AvgIpc) is 2.77. The smallest absolute Gasteiger partial charge is 0.213 e. The number of benzene rings is 1. The highest BCUT2D eigenvalue weighted by Gasteiger charge is 2.24. The number of rotatable bonds is 4. The van der Waals surface area contributed by atoms with Crippen LogP contribution in [0.4, 0.5) is 17.2 Å². The van der Waals surface area contributed by atoms with Gasteiger partial charge >= 0.3 is 0 Å². The molecule has 29 heavy (non-hydrogen) atoms. The molecule has 0 saturated heterocycles. The number of fused-ring (bicyclic) bond motifs is 1. The fourth-order valence-corrected chi connectivity index (χ4v) is 3.65. The minimum absolute atomic E-state index is 0.571. The zero-order valence-electron chi connectivity index (χ0n) is 16.8. The van der Waals surface area contributed by atoms with Crippen LogP contribution in [-0.4, -0.2) is 35.7 Å². The predicted molar refractivity (Wildman–Crippen MR) is 112 cm³/mol. The zero-order valence-corrected chi connectivity index (χ0v) is 16.8. The third kappa shape index (κ3) is 3.57. The molecule has 1 aliphatic heterocycles. The molecule has 0 radical (unpaired) electrons. The quantitative estimate of drug-likeness (QED) is 0.680. The van der Waals surface area contributed by atoms with Crippen molar-refractivity contribution in [1.29, 1.82) is 5.26 Å². The Morgan fingerprint density at radius 3 is 2.76 bits per heavy atom. The predicted octanol–water partition coefficient (Wildman–Crippen LogP) is 3.39. The van der Waals surface area contributed by atoms with Crippen molar-refractivity contribution in [2.45, 2.75) is 19.9 Å². The number of methoxy groups -OCH3 is 1. The van der Waals surface area contributed by atoms with E-state index in [-0.39, 0.29) is 0 Å². The topological polar surface area (TPSA) is 78.2 Å². The summed E-state index contributed by atoms with van der Waals surface area (Å²) in [6.45, 7) is 3.46. The Morgan fingerprint density at radius 1 is 1.17 bits per heavy atom. The molecule has 146 valence electrons. The lowest BCUT2D eigenvalue weighted by molar-refractivity contribution is 0.398. The van der Waals surface area contributed by atoms with Gasteiger partial charge in [-0.15, -0.1) is 0 Å². The fraction of sp³-hybridized carbons (Fsp3) is 0.273. The fourth-order valence-electron chi connectivity index (χ4n) is 3.65. The maximum absolute atomic E-state index is 9.58. The van der Waals surface area contributed by atoms with Crippen molar-refractivity contribution in [3.8, 4) is 11.9 Å². The van der Waals surface area contributed by atoms with Crippen LogP contribution < -0.4 is 14.5 Å². The van der Waals surface area contributed by atoms with E-state index in [4.69, 9.17) is 4.74 Å². The Morgan fingerprint density at radius 2 is 2.03 bits per heavy atom. The van der Waals surface area contributed by atoms with E-state index in [1.54, 1.807) is 19.6 Å². The molecule has 1 aromatic carbocycles. The minimum Gasteiger partial charge on any atom is -0.481 e. The largest absolute Gasteiger partial charge is 0.481 e. The summed E-state index contributed by atoms with van der Waals surface area (Å²) in [6.07, 6.45) is 4.18. The van der Waals surface area contributed by atoms with Crippen molar-refractivity contribution in [2.24, 2.45) is 0 Å². The van der Waals surface area contributed by atoms with E-state index in [0.717, 1.165) is 47.0 Å². The summed E-state index contributed by atoms with van der Waals surface area (Å²) >= 11 is 0. The molecule has 7 heteroatoms. The normalized spacial score (nSPS) is 12.8. The number of ether oxygens (including phenoxy) is 1. The summed E-state index contributed by atoms with van der Waals surface area (Å²) in [5.41, 5.74) is 5.76. The van der Waals surface area contributed by atoms with Crippen LogP contribution >= 0.6 is 0 Å². The molecular formula is C22H22N6O.